The maximum absolute atomic E-state index is 13.6. The first-order valence-corrected chi connectivity index (χ1v) is 11.0. The second-order valence-electron chi connectivity index (χ2n) is 8.50. The average molecular weight is 453 g/mol. The van der Waals surface area contributed by atoms with E-state index in [1.807, 2.05) is 24.5 Å². The zero-order chi connectivity index (χ0) is 23.5. The average Bonchev–Trinajstić information content (AvgIpc) is 3.14. The molecule has 1 N–H and O–H groups in total. The number of allylic oxidation sites excluding steroid dienone is 1. The number of aliphatic hydroxyl groups excluding tert-OH is 1. The number of carbonyl (C=O) groups is 1. The van der Waals surface area contributed by atoms with Crippen LogP contribution in [-0.4, -0.2) is 32.8 Å². The van der Waals surface area contributed by atoms with E-state index in [1.165, 1.54) is 24.3 Å². The van der Waals surface area contributed by atoms with Gasteiger partial charge in [-0.3, -0.25) is 4.79 Å². The molecule has 2 unspecified atom stereocenters. The van der Waals surface area contributed by atoms with Gasteiger partial charge in [-0.15, -0.1) is 0 Å². The van der Waals surface area contributed by atoms with E-state index in [4.69, 9.17) is 9.72 Å². The fourth-order valence-electron chi connectivity index (χ4n) is 4.05. The fourth-order valence-corrected chi connectivity index (χ4v) is 4.05. The molecule has 2 aromatic carbocycles. The number of cyclic esters (lactones) is 1. The second kappa shape index (κ2) is 9.67. The van der Waals surface area contributed by atoms with Crippen LogP contribution in [0.2, 0.25) is 0 Å². The van der Waals surface area contributed by atoms with Crippen LogP contribution < -0.4 is 0 Å². The SMILES string of the molecule is CC(C)c1nc(-c2ccc(F)cc2)c(-c2ccc(F)cc2)n1C/C=C/C1CC(O)CC(=O)O1. The normalized spacial score (nSPS) is 18.8. The first kappa shape index (κ1) is 22.9. The standard InChI is InChI=1S/C26H26F2N2O3/c1-16(2)26-29-24(17-5-9-19(27)10-6-17)25(18-7-11-20(28)12-8-18)30(26)13-3-4-22-14-21(31)15-23(32)33-22/h3-12,16,21-22,31H,13-15H2,1-2H3/b4-3+. The summed E-state index contributed by atoms with van der Waals surface area (Å²) in [6.07, 6.45) is 2.83. The molecule has 1 aliphatic heterocycles. The molecule has 0 aliphatic carbocycles. The fraction of sp³-hybridized carbons (Fsp3) is 0.308. The number of esters is 1. The Bertz CT molecular complexity index is 1150. The number of halogens is 2. The molecule has 0 spiro atoms. The molecular weight excluding hydrogens is 426 g/mol. The zero-order valence-electron chi connectivity index (χ0n) is 18.5. The van der Waals surface area contributed by atoms with Crippen LogP contribution in [0.15, 0.2) is 60.7 Å². The molecular formula is C26H26F2N2O3. The highest BCUT2D eigenvalue weighted by Gasteiger charge is 2.26. The van der Waals surface area contributed by atoms with Gasteiger partial charge in [0.2, 0.25) is 0 Å². The lowest BCUT2D eigenvalue weighted by molar-refractivity contribution is -0.156. The Hall–Kier alpha value is -3.32. The van der Waals surface area contributed by atoms with Crippen LogP contribution >= 0.6 is 0 Å². The lowest BCUT2D eigenvalue weighted by Crippen LogP contribution is -2.31. The van der Waals surface area contributed by atoms with E-state index in [9.17, 15) is 18.7 Å². The van der Waals surface area contributed by atoms with Gasteiger partial charge in [0.1, 0.15) is 23.6 Å². The van der Waals surface area contributed by atoms with Crippen LogP contribution in [0, 0.1) is 11.6 Å². The van der Waals surface area contributed by atoms with Gasteiger partial charge in [0.05, 0.1) is 23.9 Å². The molecule has 0 radical (unpaired) electrons. The third kappa shape index (κ3) is 5.20. The van der Waals surface area contributed by atoms with E-state index in [-0.39, 0.29) is 24.0 Å². The summed E-state index contributed by atoms with van der Waals surface area (Å²) in [7, 11) is 0. The lowest BCUT2D eigenvalue weighted by atomic mass is 10.0. The van der Waals surface area contributed by atoms with Crippen molar-refractivity contribution in [2.75, 3.05) is 0 Å². The van der Waals surface area contributed by atoms with Crippen molar-refractivity contribution < 1.29 is 23.4 Å². The molecule has 0 bridgehead atoms. The number of rotatable bonds is 6. The second-order valence-corrected chi connectivity index (χ2v) is 8.50. The van der Waals surface area contributed by atoms with Crippen molar-refractivity contribution in [3.63, 3.8) is 0 Å². The van der Waals surface area contributed by atoms with Gasteiger partial charge >= 0.3 is 5.97 Å². The molecule has 3 aromatic rings. The van der Waals surface area contributed by atoms with Crippen molar-refractivity contribution in [3.8, 4) is 22.5 Å². The number of benzene rings is 2. The molecule has 4 rings (SSSR count). The van der Waals surface area contributed by atoms with Gasteiger partial charge < -0.3 is 14.4 Å². The maximum Gasteiger partial charge on any atom is 0.309 e. The predicted molar refractivity (Wildman–Crippen MR) is 121 cm³/mol. The van der Waals surface area contributed by atoms with Crippen molar-refractivity contribution >= 4 is 5.97 Å². The molecule has 1 aliphatic rings. The number of aliphatic hydroxyl groups is 1. The lowest BCUT2D eigenvalue weighted by Gasteiger charge is -2.23. The Morgan fingerprint density at radius 2 is 1.70 bits per heavy atom. The molecule has 1 saturated heterocycles. The quantitative estimate of drug-likeness (QED) is 0.410. The van der Waals surface area contributed by atoms with E-state index in [0.29, 0.717) is 18.7 Å². The zero-order valence-corrected chi connectivity index (χ0v) is 18.5. The van der Waals surface area contributed by atoms with Gasteiger partial charge in [-0.05, 0) is 54.6 Å². The number of nitrogens with zero attached hydrogens (tertiary/aromatic N) is 2. The molecule has 2 heterocycles. The summed E-state index contributed by atoms with van der Waals surface area (Å²) >= 11 is 0. The Kier molecular flexibility index (Phi) is 6.70. The van der Waals surface area contributed by atoms with Crippen LogP contribution in [0.5, 0.6) is 0 Å². The highest BCUT2D eigenvalue weighted by atomic mass is 19.1. The molecule has 0 amide bonds. The molecule has 172 valence electrons. The third-order valence-corrected chi connectivity index (χ3v) is 5.58. The highest BCUT2D eigenvalue weighted by Crippen LogP contribution is 2.35. The van der Waals surface area contributed by atoms with Crippen molar-refractivity contribution in [2.24, 2.45) is 0 Å². The number of aromatic nitrogens is 2. The summed E-state index contributed by atoms with van der Waals surface area (Å²) in [5.41, 5.74) is 3.00. The molecule has 5 nitrogen and oxygen atoms in total. The third-order valence-electron chi connectivity index (χ3n) is 5.58. The minimum atomic E-state index is -0.708. The summed E-state index contributed by atoms with van der Waals surface area (Å²) in [6, 6.07) is 12.3. The van der Waals surface area contributed by atoms with Crippen LogP contribution in [-0.2, 0) is 16.1 Å². The van der Waals surface area contributed by atoms with Crippen LogP contribution in [0.1, 0.15) is 38.4 Å². The Labute approximate surface area is 191 Å². The summed E-state index contributed by atoms with van der Waals surface area (Å²) in [5.74, 6) is -0.188. The topological polar surface area (TPSA) is 64.3 Å². The summed E-state index contributed by atoms with van der Waals surface area (Å²) in [4.78, 5) is 16.5. The number of hydrogen-bond donors (Lipinski definition) is 1. The number of hydrogen-bond acceptors (Lipinski definition) is 4. The van der Waals surface area contributed by atoms with Crippen LogP contribution in [0.4, 0.5) is 8.78 Å². The van der Waals surface area contributed by atoms with Crippen molar-refractivity contribution in [1.82, 2.24) is 9.55 Å². The van der Waals surface area contributed by atoms with Crippen molar-refractivity contribution in [3.05, 3.63) is 78.1 Å². The van der Waals surface area contributed by atoms with E-state index < -0.39 is 18.2 Å². The molecule has 33 heavy (non-hydrogen) atoms. The van der Waals surface area contributed by atoms with E-state index in [0.717, 1.165) is 22.6 Å². The van der Waals surface area contributed by atoms with E-state index in [1.54, 1.807) is 30.3 Å². The summed E-state index contributed by atoms with van der Waals surface area (Å²) in [5, 5.41) is 9.84. The predicted octanol–water partition coefficient (Wildman–Crippen LogP) is 5.24. The Balaban J connectivity index is 1.77. The van der Waals surface area contributed by atoms with Crippen molar-refractivity contribution in [1.29, 1.82) is 0 Å². The summed E-state index contributed by atoms with van der Waals surface area (Å²) < 4.78 is 34.5. The molecule has 1 fully saturated rings. The smallest absolute Gasteiger partial charge is 0.309 e. The number of ether oxygens (including phenoxy) is 1. The van der Waals surface area contributed by atoms with Gasteiger partial charge in [0.25, 0.3) is 0 Å². The van der Waals surface area contributed by atoms with Crippen LogP contribution in [0.3, 0.4) is 0 Å². The van der Waals surface area contributed by atoms with Gasteiger partial charge in [0, 0.05) is 30.0 Å². The first-order valence-electron chi connectivity index (χ1n) is 11.0. The van der Waals surface area contributed by atoms with Gasteiger partial charge in [-0.1, -0.05) is 19.9 Å². The number of imidazole rings is 1. The van der Waals surface area contributed by atoms with Crippen LogP contribution in [0.25, 0.3) is 22.5 Å². The minimum absolute atomic E-state index is 0.0130. The molecule has 2 atom stereocenters. The molecule has 0 saturated carbocycles. The molecule has 1 aromatic heterocycles. The van der Waals surface area contributed by atoms with E-state index >= 15 is 0 Å². The van der Waals surface area contributed by atoms with Crippen molar-refractivity contribution in [2.45, 2.75) is 51.4 Å². The van der Waals surface area contributed by atoms with E-state index in [2.05, 4.69) is 0 Å². The first-order chi connectivity index (χ1) is 15.8. The largest absolute Gasteiger partial charge is 0.458 e. The molecule has 7 heteroatoms. The Morgan fingerprint density at radius 3 is 2.27 bits per heavy atom. The highest BCUT2D eigenvalue weighted by molar-refractivity contribution is 5.79. The Morgan fingerprint density at radius 1 is 1.09 bits per heavy atom. The van der Waals surface area contributed by atoms with Gasteiger partial charge in [0.15, 0.2) is 0 Å². The van der Waals surface area contributed by atoms with Gasteiger partial charge in [-0.25, -0.2) is 13.8 Å². The number of carbonyl (C=O) groups excluding carboxylic acids is 1. The maximum atomic E-state index is 13.6. The monoisotopic (exact) mass is 452 g/mol. The minimum Gasteiger partial charge on any atom is -0.458 e. The summed E-state index contributed by atoms with van der Waals surface area (Å²) in [6.45, 7) is 4.49. The van der Waals surface area contributed by atoms with Gasteiger partial charge in [-0.2, -0.15) is 0 Å².